The van der Waals surface area contributed by atoms with Gasteiger partial charge in [-0.05, 0) is 68.4 Å². The maximum Gasteiger partial charge on any atom is 0.271 e. The Hall–Kier alpha value is -3.05. The lowest BCUT2D eigenvalue weighted by Crippen LogP contribution is -2.17. The first-order chi connectivity index (χ1) is 12.5. The minimum atomic E-state index is -0.338. The van der Waals surface area contributed by atoms with Crippen LogP contribution in [0.3, 0.4) is 0 Å². The van der Waals surface area contributed by atoms with E-state index >= 15 is 0 Å². The standard InChI is InChI=1S/C20H18ClN3O2/c1-13-3-4-14(2)24(13)18-8-5-15(6-9-18)20(26)23-22-12-16-11-17(21)7-10-19(16)25/h3-12,25H,1-2H3,(H,23,26). The molecule has 132 valence electrons. The number of amides is 1. The van der Waals surface area contributed by atoms with Gasteiger partial charge in [0.2, 0.25) is 0 Å². The van der Waals surface area contributed by atoms with Crippen molar-refractivity contribution >= 4 is 23.7 Å². The highest BCUT2D eigenvalue weighted by molar-refractivity contribution is 6.30. The third-order valence-electron chi connectivity index (χ3n) is 4.02. The normalized spacial score (nSPS) is 11.0. The molecule has 0 saturated heterocycles. The van der Waals surface area contributed by atoms with Crippen LogP contribution in [0.5, 0.6) is 5.75 Å². The molecule has 3 rings (SSSR count). The van der Waals surface area contributed by atoms with Gasteiger partial charge < -0.3 is 9.67 Å². The summed E-state index contributed by atoms with van der Waals surface area (Å²) in [6.07, 6.45) is 1.35. The Kier molecular flexibility index (Phi) is 5.09. The summed E-state index contributed by atoms with van der Waals surface area (Å²) >= 11 is 5.87. The third kappa shape index (κ3) is 3.78. The van der Waals surface area contributed by atoms with Crippen molar-refractivity contribution in [3.05, 3.63) is 82.1 Å². The summed E-state index contributed by atoms with van der Waals surface area (Å²) in [5.74, 6) is -0.301. The SMILES string of the molecule is Cc1ccc(C)n1-c1ccc(C(=O)NN=Cc2cc(Cl)ccc2O)cc1. The number of phenols is 1. The zero-order valence-electron chi connectivity index (χ0n) is 14.4. The van der Waals surface area contributed by atoms with Crippen LogP contribution in [-0.2, 0) is 0 Å². The van der Waals surface area contributed by atoms with Gasteiger partial charge in [-0.25, -0.2) is 5.43 Å². The van der Waals surface area contributed by atoms with Crippen LogP contribution in [0.15, 0.2) is 59.7 Å². The Labute approximate surface area is 156 Å². The number of aromatic nitrogens is 1. The molecule has 0 radical (unpaired) electrons. The Morgan fingerprint density at radius 3 is 2.38 bits per heavy atom. The number of rotatable bonds is 4. The Morgan fingerprint density at radius 1 is 1.08 bits per heavy atom. The molecule has 0 atom stereocenters. The largest absolute Gasteiger partial charge is 0.507 e. The number of hydrogen-bond donors (Lipinski definition) is 2. The molecule has 0 fully saturated rings. The first-order valence-corrected chi connectivity index (χ1v) is 8.41. The van der Waals surface area contributed by atoms with Crippen LogP contribution < -0.4 is 5.43 Å². The van der Waals surface area contributed by atoms with E-state index in [9.17, 15) is 9.90 Å². The van der Waals surface area contributed by atoms with Crippen LogP contribution in [0.2, 0.25) is 5.02 Å². The number of hydrazone groups is 1. The number of aryl methyl sites for hydroxylation is 2. The quantitative estimate of drug-likeness (QED) is 0.535. The Balaban J connectivity index is 1.71. The number of benzene rings is 2. The predicted octanol–water partition coefficient (Wildman–Crippen LogP) is 4.22. The average Bonchev–Trinajstić information content (AvgIpc) is 2.96. The number of halogens is 1. The summed E-state index contributed by atoms with van der Waals surface area (Å²) in [6, 6.07) is 16.0. The minimum Gasteiger partial charge on any atom is -0.507 e. The number of hydrogen-bond acceptors (Lipinski definition) is 3. The van der Waals surface area contributed by atoms with E-state index in [0.717, 1.165) is 17.1 Å². The summed E-state index contributed by atoms with van der Waals surface area (Å²) in [6.45, 7) is 4.07. The number of nitrogens with one attached hydrogen (secondary N) is 1. The molecule has 0 aliphatic heterocycles. The highest BCUT2D eigenvalue weighted by Gasteiger charge is 2.07. The summed E-state index contributed by atoms with van der Waals surface area (Å²) in [4.78, 5) is 12.2. The molecule has 26 heavy (non-hydrogen) atoms. The van der Waals surface area contributed by atoms with Gasteiger partial charge in [-0.1, -0.05) is 11.6 Å². The van der Waals surface area contributed by atoms with Crippen molar-refractivity contribution in [3.63, 3.8) is 0 Å². The van der Waals surface area contributed by atoms with Crippen molar-refractivity contribution in [3.8, 4) is 11.4 Å². The number of nitrogens with zero attached hydrogens (tertiary/aromatic N) is 2. The lowest BCUT2D eigenvalue weighted by atomic mass is 10.2. The zero-order chi connectivity index (χ0) is 18.7. The van der Waals surface area contributed by atoms with E-state index in [1.165, 1.54) is 12.3 Å². The predicted molar refractivity (Wildman–Crippen MR) is 103 cm³/mol. The fourth-order valence-electron chi connectivity index (χ4n) is 2.69. The van der Waals surface area contributed by atoms with Gasteiger partial charge in [-0.3, -0.25) is 4.79 Å². The summed E-state index contributed by atoms with van der Waals surface area (Å²) in [7, 11) is 0. The second-order valence-electron chi connectivity index (χ2n) is 5.90. The van der Waals surface area contributed by atoms with Crippen molar-refractivity contribution in [2.75, 3.05) is 0 Å². The monoisotopic (exact) mass is 367 g/mol. The average molecular weight is 368 g/mol. The van der Waals surface area contributed by atoms with Gasteiger partial charge in [-0.15, -0.1) is 0 Å². The number of carbonyl (C=O) groups excluding carboxylic acids is 1. The van der Waals surface area contributed by atoms with Crippen LogP contribution in [0.1, 0.15) is 27.3 Å². The second kappa shape index (κ2) is 7.45. The van der Waals surface area contributed by atoms with E-state index in [0.29, 0.717) is 16.1 Å². The molecule has 0 aliphatic carbocycles. The Bertz CT molecular complexity index is 956. The number of phenolic OH excluding ortho intramolecular Hbond substituents is 1. The lowest BCUT2D eigenvalue weighted by Gasteiger charge is -2.10. The fourth-order valence-corrected chi connectivity index (χ4v) is 2.87. The molecule has 1 aromatic heterocycles. The molecule has 2 N–H and O–H groups in total. The molecular weight excluding hydrogens is 350 g/mol. The first-order valence-electron chi connectivity index (χ1n) is 8.03. The van der Waals surface area contributed by atoms with E-state index in [2.05, 4.69) is 27.2 Å². The molecule has 0 unspecified atom stereocenters. The maximum atomic E-state index is 12.2. The van der Waals surface area contributed by atoms with Gasteiger partial charge >= 0.3 is 0 Å². The third-order valence-corrected chi connectivity index (χ3v) is 4.25. The van der Waals surface area contributed by atoms with Crippen LogP contribution in [0.25, 0.3) is 5.69 Å². The highest BCUT2D eigenvalue weighted by Crippen LogP contribution is 2.19. The van der Waals surface area contributed by atoms with Gasteiger partial charge in [0.1, 0.15) is 5.75 Å². The summed E-state index contributed by atoms with van der Waals surface area (Å²) in [5, 5.41) is 14.1. The number of aromatic hydroxyl groups is 1. The molecule has 5 nitrogen and oxygen atoms in total. The van der Waals surface area contributed by atoms with E-state index in [1.807, 2.05) is 26.0 Å². The first kappa shape index (κ1) is 17.8. The van der Waals surface area contributed by atoms with Crippen LogP contribution in [0, 0.1) is 13.8 Å². The Morgan fingerprint density at radius 2 is 1.73 bits per heavy atom. The molecule has 3 aromatic rings. The smallest absolute Gasteiger partial charge is 0.271 e. The topological polar surface area (TPSA) is 66.6 Å². The molecule has 6 heteroatoms. The van der Waals surface area contributed by atoms with Crippen molar-refractivity contribution in [2.24, 2.45) is 5.10 Å². The summed E-state index contributed by atoms with van der Waals surface area (Å²) < 4.78 is 2.11. The molecule has 1 amide bonds. The minimum absolute atomic E-state index is 0.0363. The molecule has 0 saturated carbocycles. The van der Waals surface area contributed by atoms with Crippen LogP contribution in [0.4, 0.5) is 0 Å². The molecule has 1 heterocycles. The van der Waals surface area contributed by atoms with E-state index < -0.39 is 0 Å². The van der Waals surface area contributed by atoms with Crippen molar-refractivity contribution in [1.82, 2.24) is 9.99 Å². The van der Waals surface area contributed by atoms with Gasteiger partial charge in [0.25, 0.3) is 5.91 Å². The fraction of sp³-hybridized carbons (Fsp3) is 0.100. The molecule has 0 bridgehead atoms. The van der Waals surface area contributed by atoms with E-state index in [1.54, 1.807) is 24.3 Å². The molecular formula is C20H18ClN3O2. The van der Waals surface area contributed by atoms with Crippen molar-refractivity contribution in [1.29, 1.82) is 0 Å². The van der Waals surface area contributed by atoms with Crippen molar-refractivity contribution in [2.45, 2.75) is 13.8 Å². The van der Waals surface area contributed by atoms with Gasteiger partial charge in [0.15, 0.2) is 0 Å². The molecule has 2 aromatic carbocycles. The van der Waals surface area contributed by atoms with Gasteiger partial charge in [0, 0.05) is 33.2 Å². The zero-order valence-corrected chi connectivity index (χ0v) is 15.2. The maximum absolute atomic E-state index is 12.2. The molecule has 0 spiro atoms. The van der Waals surface area contributed by atoms with E-state index in [4.69, 9.17) is 11.6 Å². The van der Waals surface area contributed by atoms with Crippen LogP contribution >= 0.6 is 11.6 Å². The van der Waals surface area contributed by atoms with Gasteiger partial charge in [-0.2, -0.15) is 5.10 Å². The van der Waals surface area contributed by atoms with Crippen LogP contribution in [-0.4, -0.2) is 21.8 Å². The lowest BCUT2D eigenvalue weighted by molar-refractivity contribution is 0.0955. The van der Waals surface area contributed by atoms with Gasteiger partial charge in [0.05, 0.1) is 6.21 Å². The second-order valence-corrected chi connectivity index (χ2v) is 6.34. The van der Waals surface area contributed by atoms with E-state index in [-0.39, 0.29) is 11.7 Å². The highest BCUT2D eigenvalue weighted by atomic mass is 35.5. The van der Waals surface area contributed by atoms with Crippen molar-refractivity contribution < 1.29 is 9.90 Å². The number of carbonyl (C=O) groups is 1. The molecule has 0 aliphatic rings. The summed E-state index contributed by atoms with van der Waals surface area (Å²) in [5.41, 5.74) is 6.61.